The topological polar surface area (TPSA) is 98.7 Å². The number of carbonyl (C=O) groups excluding carboxylic acids is 1. The first-order valence-corrected chi connectivity index (χ1v) is 10.4. The average molecular weight is 436 g/mol. The molecule has 0 aliphatic carbocycles. The molecule has 8 heteroatoms. The zero-order valence-electron chi connectivity index (χ0n) is 17.8. The lowest BCUT2D eigenvalue weighted by Gasteiger charge is -2.10. The Bertz CT molecular complexity index is 1390. The van der Waals surface area contributed by atoms with Gasteiger partial charge in [-0.25, -0.2) is 4.68 Å². The van der Waals surface area contributed by atoms with Crippen LogP contribution in [0.15, 0.2) is 89.8 Å². The summed E-state index contributed by atoms with van der Waals surface area (Å²) in [6, 6.07) is 20.9. The Hall–Kier alpha value is -4.59. The minimum atomic E-state index is -0.231. The summed E-state index contributed by atoms with van der Waals surface area (Å²) in [4.78, 5) is 21.5. The van der Waals surface area contributed by atoms with Crippen LogP contribution in [0.5, 0.6) is 0 Å². The minimum absolute atomic E-state index is 0.231. The minimum Gasteiger partial charge on any atom is -0.339 e. The monoisotopic (exact) mass is 436 g/mol. The third-order valence-corrected chi connectivity index (χ3v) is 5.27. The Balaban J connectivity index is 1.35. The molecule has 33 heavy (non-hydrogen) atoms. The van der Waals surface area contributed by atoms with Gasteiger partial charge in [0.15, 0.2) is 0 Å². The van der Waals surface area contributed by atoms with E-state index in [9.17, 15) is 4.79 Å². The summed E-state index contributed by atoms with van der Waals surface area (Å²) in [6.07, 6.45) is 5.33. The Morgan fingerprint density at radius 2 is 1.76 bits per heavy atom. The quantitative estimate of drug-likeness (QED) is 0.422. The number of nitrogens with zero attached hydrogens (tertiary/aromatic N) is 5. The number of rotatable bonds is 6. The van der Waals surface area contributed by atoms with E-state index in [0.29, 0.717) is 29.4 Å². The van der Waals surface area contributed by atoms with E-state index in [-0.39, 0.29) is 5.91 Å². The summed E-state index contributed by atoms with van der Waals surface area (Å²) in [7, 11) is 0. The van der Waals surface area contributed by atoms with Crippen LogP contribution in [0.4, 0.5) is 5.69 Å². The molecule has 162 valence electrons. The van der Waals surface area contributed by atoms with Crippen molar-refractivity contribution < 1.29 is 9.32 Å². The van der Waals surface area contributed by atoms with Gasteiger partial charge in [-0.05, 0) is 42.8 Å². The second-order valence-corrected chi connectivity index (χ2v) is 7.43. The molecule has 0 spiro atoms. The smallest absolute Gasteiger partial charge is 0.259 e. The molecule has 1 amide bonds. The van der Waals surface area contributed by atoms with Crippen molar-refractivity contribution >= 4 is 11.6 Å². The third-order valence-electron chi connectivity index (χ3n) is 5.27. The molecule has 0 saturated carbocycles. The van der Waals surface area contributed by atoms with E-state index in [2.05, 4.69) is 25.5 Å². The number of nitrogens with one attached hydrogen (secondary N) is 1. The largest absolute Gasteiger partial charge is 0.339 e. The maximum atomic E-state index is 13.1. The highest BCUT2D eigenvalue weighted by Crippen LogP contribution is 2.22. The van der Waals surface area contributed by atoms with Gasteiger partial charge in [0.25, 0.3) is 5.91 Å². The highest BCUT2D eigenvalue weighted by molar-refractivity contribution is 6.05. The van der Waals surface area contributed by atoms with Crippen molar-refractivity contribution in [3.63, 3.8) is 0 Å². The van der Waals surface area contributed by atoms with Crippen LogP contribution in [-0.2, 0) is 6.42 Å². The number of carbonyl (C=O) groups is 1. The molecule has 0 fully saturated rings. The van der Waals surface area contributed by atoms with E-state index >= 15 is 0 Å². The molecule has 0 saturated heterocycles. The van der Waals surface area contributed by atoms with Crippen molar-refractivity contribution in [3.8, 4) is 17.1 Å². The lowest BCUT2D eigenvalue weighted by Crippen LogP contribution is -2.14. The van der Waals surface area contributed by atoms with Gasteiger partial charge in [0.1, 0.15) is 0 Å². The van der Waals surface area contributed by atoms with Crippen molar-refractivity contribution in [1.29, 1.82) is 0 Å². The molecule has 0 unspecified atom stereocenters. The summed E-state index contributed by atoms with van der Waals surface area (Å²) in [6.45, 7) is 1.87. The molecule has 0 aliphatic rings. The fraction of sp³-hybridized carbons (Fsp3) is 0.0800. The van der Waals surface area contributed by atoms with Crippen LogP contribution in [0.1, 0.15) is 27.5 Å². The first-order valence-electron chi connectivity index (χ1n) is 10.4. The van der Waals surface area contributed by atoms with Crippen molar-refractivity contribution in [3.05, 3.63) is 108 Å². The average Bonchev–Trinajstić information content (AvgIpc) is 3.48. The first-order chi connectivity index (χ1) is 16.2. The van der Waals surface area contributed by atoms with Crippen LogP contribution >= 0.6 is 0 Å². The van der Waals surface area contributed by atoms with E-state index < -0.39 is 0 Å². The van der Waals surface area contributed by atoms with Gasteiger partial charge in [-0.2, -0.15) is 10.1 Å². The van der Waals surface area contributed by atoms with Crippen molar-refractivity contribution in [2.45, 2.75) is 13.3 Å². The van der Waals surface area contributed by atoms with E-state index in [4.69, 9.17) is 4.52 Å². The van der Waals surface area contributed by atoms with Gasteiger partial charge in [-0.15, -0.1) is 0 Å². The molecule has 3 heterocycles. The van der Waals surface area contributed by atoms with Gasteiger partial charge in [0, 0.05) is 23.6 Å². The second kappa shape index (κ2) is 8.88. The van der Waals surface area contributed by atoms with Crippen LogP contribution in [0.2, 0.25) is 0 Å². The third kappa shape index (κ3) is 4.27. The zero-order valence-corrected chi connectivity index (χ0v) is 17.8. The highest BCUT2D eigenvalue weighted by atomic mass is 16.5. The molecule has 2 aromatic carbocycles. The number of hydrogen-bond acceptors (Lipinski definition) is 6. The SMILES string of the molecule is Cc1c(C(=O)Nc2ccccc2Cc2nc(-c3ccncc3)no2)cnn1-c1ccccc1. The number of benzene rings is 2. The van der Waals surface area contributed by atoms with Gasteiger partial charge in [-0.1, -0.05) is 41.6 Å². The second-order valence-electron chi connectivity index (χ2n) is 7.43. The molecule has 3 aromatic heterocycles. The van der Waals surface area contributed by atoms with Crippen LogP contribution in [-0.4, -0.2) is 30.8 Å². The lowest BCUT2D eigenvalue weighted by atomic mass is 10.1. The standard InChI is InChI=1S/C25H20N6O2/c1-17-21(16-27-31(17)20-8-3-2-4-9-20)25(32)28-22-10-6-5-7-19(22)15-23-29-24(30-33-23)18-11-13-26-14-12-18/h2-14,16H,15H2,1H3,(H,28,32). The molecule has 8 nitrogen and oxygen atoms in total. The summed E-state index contributed by atoms with van der Waals surface area (Å²) in [5, 5.41) is 11.4. The summed E-state index contributed by atoms with van der Waals surface area (Å²) in [5.74, 6) is 0.722. The normalized spacial score (nSPS) is 10.8. The number of anilines is 1. The lowest BCUT2D eigenvalue weighted by molar-refractivity contribution is 0.102. The maximum absolute atomic E-state index is 13.1. The fourth-order valence-corrected chi connectivity index (χ4v) is 3.56. The summed E-state index contributed by atoms with van der Waals surface area (Å²) < 4.78 is 7.18. The fourth-order valence-electron chi connectivity index (χ4n) is 3.56. The first kappa shape index (κ1) is 20.3. The van der Waals surface area contributed by atoms with Gasteiger partial charge in [0.05, 0.1) is 29.6 Å². The molecule has 0 bridgehead atoms. The molecule has 5 aromatic rings. The number of hydrogen-bond donors (Lipinski definition) is 1. The van der Waals surface area contributed by atoms with Crippen LogP contribution in [0, 0.1) is 6.92 Å². The van der Waals surface area contributed by atoms with E-state index in [1.165, 1.54) is 0 Å². The van der Waals surface area contributed by atoms with Gasteiger partial charge in [0.2, 0.25) is 11.7 Å². The summed E-state index contributed by atoms with van der Waals surface area (Å²) >= 11 is 0. The highest BCUT2D eigenvalue weighted by Gasteiger charge is 2.17. The number of pyridine rings is 1. The number of aromatic nitrogens is 5. The number of para-hydroxylation sites is 2. The van der Waals surface area contributed by atoms with Crippen LogP contribution in [0.25, 0.3) is 17.1 Å². The molecule has 0 aliphatic heterocycles. The molecule has 1 N–H and O–H groups in total. The predicted molar refractivity (Wildman–Crippen MR) is 123 cm³/mol. The van der Waals surface area contributed by atoms with E-state index in [0.717, 1.165) is 22.5 Å². The van der Waals surface area contributed by atoms with Crippen LogP contribution < -0.4 is 5.32 Å². The van der Waals surface area contributed by atoms with Gasteiger partial charge < -0.3 is 9.84 Å². The Kier molecular flexibility index (Phi) is 5.47. The molecular weight excluding hydrogens is 416 g/mol. The Morgan fingerprint density at radius 3 is 2.58 bits per heavy atom. The van der Waals surface area contributed by atoms with Gasteiger partial charge in [-0.3, -0.25) is 9.78 Å². The Morgan fingerprint density at radius 1 is 1.00 bits per heavy atom. The van der Waals surface area contributed by atoms with Crippen molar-refractivity contribution in [1.82, 2.24) is 24.9 Å². The van der Waals surface area contributed by atoms with E-state index in [1.807, 2.05) is 73.7 Å². The Labute approximate surface area is 189 Å². The van der Waals surface area contributed by atoms with Gasteiger partial charge >= 0.3 is 0 Å². The van der Waals surface area contributed by atoms with Crippen LogP contribution in [0.3, 0.4) is 0 Å². The van der Waals surface area contributed by atoms with Crippen molar-refractivity contribution in [2.24, 2.45) is 0 Å². The predicted octanol–water partition coefficient (Wildman–Crippen LogP) is 4.47. The molecule has 0 atom stereocenters. The summed E-state index contributed by atoms with van der Waals surface area (Å²) in [5.41, 5.74) is 4.53. The number of amides is 1. The van der Waals surface area contributed by atoms with E-state index in [1.54, 1.807) is 23.3 Å². The molecular formula is C25H20N6O2. The zero-order chi connectivity index (χ0) is 22.6. The molecule has 5 rings (SSSR count). The molecule has 0 radical (unpaired) electrons. The maximum Gasteiger partial charge on any atom is 0.259 e. The van der Waals surface area contributed by atoms with Crippen molar-refractivity contribution in [2.75, 3.05) is 5.32 Å².